The highest BCUT2D eigenvalue weighted by Crippen LogP contribution is 2.21. The zero-order valence-electron chi connectivity index (χ0n) is 14.3. The highest BCUT2D eigenvalue weighted by atomic mass is 32.1. The van der Waals surface area contributed by atoms with Crippen LogP contribution in [0.1, 0.15) is 29.9 Å². The van der Waals surface area contributed by atoms with E-state index in [0.717, 1.165) is 11.3 Å². The van der Waals surface area contributed by atoms with Crippen molar-refractivity contribution in [1.82, 2.24) is 25.6 Å². The van der Waals surface area contributed by atoms with Gasteiger partial charge in [0.25, 0.3) is 5.91 Å². The number of carbonyl (C=O) groups excluding carboxylic acids is 2. The Morgan fingerprint density at radius 3 is 2.50 bits per heavy atom. The first-order valence-electron chi connectivity index (χ1n) is 7.90. The maximum atomic E-state index is 12.1. The molecule has 0 saturated carbocycles. The fourth-order valence-electron chi connectivity index (χ4n) is 2.08. The number of carboxylic acid groups (broad SMARTS) is 1. The first kappa shape index (κ1) is 19.4. The van der Waals surface area contributed by atoms with E-state index in [1.165, 1.54) is 6.20 Å². The average Bonchev–Trinajstić information content (AvgIpc) is 3.09. The molecular weight excluding hydrogens is 358 g/mol. The van der Waals surface area contributed by atoms with E-state index in [1.807, 2.05) is 13.8 Å². The van der Waals surface area contributed by atoms with Crippen molar-refractivity contribution in [2.75, 3.05) is 6.54 Å². The maximum Gasteiger partial charge on any atom is 0.326 e. The van der Waals surface area contributed by atoms with E-state index in [9.17, 15) is 14.4 Å². The van der Waals surface area contributed by atoms with Gasteiger partial charge in [-0.3, -0.25) is 9.59 Å². The lowest BCUT2D eigenvalue weighted by Gasteiger charge is -2.16. The molecule has 2 heterocycles. The smallest absolute Gasteiger partial charge is 0.326 e. The van der Waals surface area contributed by atoms with Crippen LogP contribution < -0.4 is 10.6 Å². The monoisotopic (exact) mass is 377 g/mol. The molecule has 0 saturated heterocycles. The van der Waals surface area contributed by atoms with Crippen molar-refractivity contribution < 1.29 is 19.5 Å². The van der Waals surface area contributed by atoms with E-state index in [0.29, 0.717) is 22.1 Å². The van der Waals surface area contributed by atoms with Gasteiger partial charge in [0.05, 0.1) is 12.7 Å². The van der Waals surface area contributed by atoms with E-state index >= 15 is 0 Å². The fraction of sp³-hybridized carbons (Fsp3) is 0.375. The van der Waals surface area contributed by atoms with Crippen molar-refractivity contribution in [3.63, 3.8) is 0 Å². The van der Waals surface area contributed by atoms with E-state index in [1.54, 1.807) is 18.5 Å². The molecule has 2 aromatic heterocycles. The minimum atomic E-state index is -1.10. The largest absolute Gasteiger partial charge is 0.480 e. The van der Waals surface area contributed by atoms with Gasteiger partial charge in [0, 0.05) is 12.4 Å². The second-order valence-corrected chi connectivity index (χ2v) is 6.90. The van der Waals surface area contributed by atoms with Crippen LogP contribution in [0.2, 0.25) is 0 Å². The van der Waals surface area contributed by atoms with Gasteiger partial charge in [0.1, 0.15) is 10.9 Å². The van der Waals surface area contributed by atoms with Gasteiger partial charge in [0.2, 0.25) is 5.91 Å². The molecule has 138 valence electrons. The standard InChI is InChI=1S/C16H19N5O4S/c1-9(2)6-10(16(24)25)21-12(22)8-19-14(23)11-7-20-15(26-11)13-17-4-3-5-18-13/h3-5,7,9-10H,6,8H2,1-2H3,(H,19,23)(H,21,22)(H,24,25)/t10-/m0/s1. The number of hydrogen-bond acceptors (Lipinski definition) is 7. The number of rotatable bonds is 8. The van der Waals surface area contributed by atoms with Gasteiger partial charge in [-0.05, 0) is 18.4 Å². The molecule has 0 radical (unpaired) electrons. The molecule has 2 aromatic rings. The Morgan fingerprint density at radius 1 is 1.19 bits per heavy atom. The van der Waals surface area contributed by atoms with Crippen LogP contribution in [0.3, 0.4) is 0 Å². The number of aromatic nitrogens is 3. The van der Waals surface area contributed by atoms with Gasteiger partial charge in [0.15, 0.2) is 10.8 Å². The lowest BCUT2D eigenvalue weighted by molar-refractivity contribution is -0.142. The Bertz CT molecular complexity index is 778. The van der Waals surface area contributed by atoms with Crippen molar-refractivity contribution in [2.45, 2.75) is 26.3 Å². The van der Waals surface area contributed by atoms with Crippen molar-refractivity contribution in [1.29, 1.82) is 0 Å². The third-order valence-corrected chi connectivity index (χ3v) is 4.23. The number of hydrogen-bond donors (Lipinski definition) is 3. The molecule has 2 rings (SSSR count). The lowest BCUT2D eigenvalue weighted by Crippen LogP contribution is -2.46. The minimum absolute atomic E-state index is 0.113. The van der Waals surface area contributed by atoms with Gasteiger partial charge < -0.3 is 15.7 Å². The molecule has 0 aromatic carbocycles. The summed E-state index contributed by atoms with van der Waals surface area (Å²) >= 11 is 1.10. The van der Waals surface area contributed by atoms with Gasteiger partial charge in [-0.1, -0.05) is 13.8 Å². The molecule has 26 heavy (non-hydrogen) atoms. The summed E-state index contributed by atoms with van der Waals surface area (Å²) in [6.07, 6.45) is 4.83. The predicted octanol–water partition coefficient (Wildman–Crippen LogP) is 0.945. The predicted molar refractivity (Wildman–Crippen MR) is 94.5 cm³/mol. The Labute approximate surface area is 153 Å². The normalized spacial score (nSPS) is 11.8. The number of thiazole rings is 1. The third-order valence-electron chi connectivity index (χ3n) is 3.24. The van der Waals surface area contributed by atoms with E-state index in [2.05, 4.69) is 25.6 Å². The summed E-state index contributed by atoms with van der Waals surface area (Å²) in [6.45, 7) is 3.40. The average molecular weight is 377 g/mol. The maximum absolute atomic E-state index is 12.1. The van der Waals surface area contributed by atoms with Crippen LogP contribution in [-0.2, 0) is 9.59 Å². The summed E-state index contributed by atoms with van der Waals surface area (Å²) in [5.41, 5.74) is 0. The van der Waals surface area contributed by atoms with Crippen molar-refractivity contribution in [2.24, 2.45) is 5.92 Å². The second-order valence-electron chi connectivity index (χ2n) is 5.87. The molecule has 0 unspecified atom stereocenters. The summed E-state index contributed by atoms with van der Waals surface area (Å²) in [5, 5.41) is 14.5. The van der Waals surface area contributed by atoms with Crippen molar-refractivity contribution in [3.05, 3.63) is 29.5 Å². The molecule has 9 nitrogen and oxygen atoms in total. The van der Waals surface area contributed by atoms with Crippen LogP contribution in [0.5, 0.6) is 0 Å². The molecule has 0 fully saturated rings. The van der Waals surface area contributed by atoms with Crippen molar-refractivity contribution >= 4 is 29.1 Å². The first-order chi connectivity index (χ1) is 12.4. The molecule has 0 aliphatic rings. The molecule has 0 aliphatic carbocycles. The number of aliphatic carboxylic acids is 1. The van der Waals surface area contributed by atoms with Gasteiger partial charge in [-0.2, -0.15) is 0 Å². The Balaban J connectivity index is 1.89. The van der Waals surface area contributed by atoms with Crippen LogP contribution in [-0.4, -0.2) is 50.4 Å². The summed E-state index contributed by atoms with van der Waals surface area (Å²) in [7, 11) is 0. The molecule has 2 amide bonds. The molecule has 1 atom stereocenters. The molecular formula is C16H19N5O4S. The summed E-state index contributed by atoms with van der Waals surface area (Å²) in [6, 6.07) is 0.692. The molecule has 0 bridgehead atoms. The molecule has 0 aliphatic heterocycles. The number of carboxylic acids is 1. The quantitative estimate of drug-likeness (QED) is 0.623. The van der Waals surface area contributed by atoms with E-state index < -0.39 is 23.8 Å². The Morgan fingerprint density at radius 2 is 1.88 bits per heavy atom. The van der Waals surface area contributed by atoms with Crippen molar-refractivity contribution in [3.8, 4) is 10.8 Å². The Kier molecular flexibility index (Phi) is 6.73. The van der Waals surface area contributed by atoms with Gasteiger partial charge >= 0.3 is 5.97 Å². The molecule has 3 N–H and O–H groups in total. The highest BCUT2D eigenvalue weighted by molar-refractivity contribution is 7.16. The summed E-state index contributed by atoms with van der Waals surface area (Å²) in [4.78, 5) is 47.6. The summed E-state index contributed by atoms with van der Waals surface area (Å²) in [5.74, 6) is -1.62. The number of amides is 2. The first-order valence-corrected chi connectivity index (χ1v) is 8.72. The van der Waals surface area contributed by atoms with E-state index in [4.69, 9.17) is 5.11 Å². The van der Waals surface area contributed by atoms with Crippen LogP contribution in [0.15, 0.2) is 24.7 Å². The zero-order valence-corrected chi connectivity index (χ0v) is 15.1. The van der Waals surface area contributed by atoms with Gasteiger partial charge in [-0.25, -0.2) is 19.7 Å². The highest BCUT2D eigenvalue weighted by Gasteiger charge is 2.21. The fourth-order valence-corrected chi connectivity index (χ4v) is 2.86. The van der Waals surface area contributed by atoms with Crippen LogP contribution in [0.25, 0.3) is 10.8 Å². The SMILES string of the molecule is CC(C)C[C@H](NC(=O)CNC(=O)c1cnc(-c2ncccn2)s1)C(=O)O. The Hall–Kier alpha value is -2.88. The number of nitrogens with one attached hydrogen (secondary N) is 2. The summed E-state index contributed by atoms with van der Waals surface area (Å²) < 4.78 is 0. The van der Waals surface area contributed by atoms with Crippen LogP contribution in [0.4, 0.5) is 0 Å². The van der Waals surface area contributed by atoms with Crippen LogP contribution >= 0.6 is 11.3 Å². The van der Waals surface area contributed by atoms with Crippen LogP contribution in [0, 0.1) is 5.92 Å². The third kappa shape index (κ3) is 5.59. The lowest BCUT2D eigenvalue weighted by atomic mass is 10.0. The minimum Gasteiger partial charge on any atom is -0.480 e. The molecule has 0 spiro atoms. The zero-order chi connectivity index (χ0) is 19.1. The van der Waals surface area contributed by atoms with E-state index in [-0.39, 0.29) is 12.5 Å². The molecule has 10 heteroatoms. The van der Waals surface area contributed by atoms with Gasteiger partial charge in [-0.15, -0.1) is 11.3 Å². The number of nitrogens with zero attached hydrogens (tertiary/aromatic N) is 3. The second kappa shape index (κ2) is 8.99. The topological polar surface area (TPSA) is 134 Å². The number of carbonyl (C=O) groups is 3.